The molecule has 1 aromatic rings. The molecule has 28 heavy (non-hydrogen) atoms. The molecule has 0 unspecified atom stereocenters. The summed E-state index contributed by atoms with van der Waals surface area (Å²) in [5, 5.41) is 2.72. The van der Waals surface area contributed by atoms with Gasteiger partial charge in [-0.15, -0.1) is 0 Å². The Hall–Kier alpha value is -2.08. The summed E-state index contributed by atoms with van der Waals surface area (Å²) in [7, 11) is 0. The second-order valence-corrected chi connectivity index (χ2v) is 8.19. The highest BCUT2D eigenvalue weighted by Gasteiger charge is 2.26. The van der Waals surface area contributed by atoms with Gasteiger partial charge in [-0.25, -0.2) is 4.79 Å². The van der Waals surface area contributed by atoms with E-state index in [0.717, 1.165) is 37.4 Å². The first-order valence-electron chi connectivity index (χ1n) is 10.7. The summed E-state index contributed by atoms with van der Waals surface area (Å²) in [6.07, 6.45) is 7.69. The highest BCUT2D eigenvalue weighted by atomic mass is 16.2. The molecule has 2 saturated heterocycles. The number of amides is 3. The number of piperidine rings is 1. The second kappa shape index (κ2) is 10.5. The Morgan fingerprint density at radius 1 is 1.07 bits per heavy atom. The molecular weight excluding hydrogens is 352 g/mol. The topological polar surface area (TPSA) is 78.7 Å². The van der Waals surface area contributed by atoms with Crippen molar-refractivity contribution in [3.05, 3.63) is 35.9 Å². The summed E-state index contributed by atoms with van der Waals surface area (Å²) in [5.74, 6) is 0.832. The van der Waals surface area contributed by atoms with Crippen LogP contribution in [-0.4, -0.2) is 54.5 Å². The van der Waals surface area contributed by atoms with Crippen LogP contribution in [0, 0.1) is 5.92 Å². The van der Waals surface area contributed by atoms with Crippen molar-refractivity contribution < 1.29 is 9.59 Å². The van der Waals surface area contributed by atoms with E-state index in [4.69, 9.17) is 5.73 Å². The fraction of sp³-hybridized carbons (Fsp3) is 0.636. The molecule has 0 aliphatic carbocycles. The van der Waals surface area contributed by atoms with Gasteiger partial charge in [0, 0.05) is 13.1 Å². The van der Waals surface area contributed by atoms with Crippen molar-refractivity contribution >= 4 is 11.9 Å². The quantitative estimate of drug-likeness (QED) is 0.721. The lowest BCUT2D eigenvalue weighted by molar-refractivity contribution is -0.133. The number of nitrogens with one attached hydrogen (secondary N) is 1. The maximum atomic E-state index is 12.8. The molecule has 2 heterocycles. The summed E-state index contributed by atoms with van der Waals surface area (Å²) in [6, 6.07) is 8.59. The SMILES string of the molecule is NC(=O)N[C@H](CC(=O)N1CCC(CCCN2CCCC2)CC1)c1ccccc1. The standard InChI is InChI=1S/C22H34N4O2/c23-22(28)24-20(19-8-2-1-3-9-19)17-21(27)26-15-10-18(11-16-26)7-6-14-25-12-4-5-13-25/h1-3,8-9,18,20H,4-7,10-17H2,(H3,23,24,28)/t20-/m1/s1. The Balaban J connectivity index is 1.42. The zero-order valence-electron chi connectivity index (χ0n) is 16.8. The molecule has 6 nitrogen and oxygen atoms in total. The Bertz CT molecular complexity index is 623. The van der Waals surface area contributed by atoms with Crippen LogP contribution >= 0.6 is 0 Å². The van der Waals surface area contributed by atoms with Crippen LogP contribution in [-0.2, 0) is 4.79 Å². The number of nitrogens with two attached hydrogens (primary N) is 1. The minimum absolute atomic E-state index is 0.0955. The first kappa shape index (κ1) is 20.6. The number of carbonyl (C=O) groups excluding carboxylic acids is 2. The van der Waals surface area contributed by atoms with E-state index >= 15 is 0 Å². The lowest BCUT2D eigenvalue weighted by Crippen LogP contribution is -2.41. The van der Waals surface area contributed by atoms with Crippen LogP contribution in [0.4, 0.5) is 4.79 Å². The fourth-order valence-electron chi connectivity index (χ4n) is 4.49. The van der Waals surface area contributed by atoms with Crippen LogP contribution in [0.15, 0.2) is 30.3 Å². The molecule has 3 N–H and O–H groups in total. The molecular formula is C22H34N4O2. The van der Waals surface area contributed by atoms with Crippen molar-refractivity contribution in [3.8, 4) is 0 Å². The Kier molecular flexibility index (Phi) is 7.71. The van der Waals surface area contributed by atoms with Gasteiger partial charge >= 0.3 is 6.03 Å². The Morgan fingerprint density at radius 3 is 2.39 bits per heavy atom. The molecule has 2 fully saturated rings. The molecule has 0 bridgehead atoms. The van der Waals surface area contributed by atoms with Gasteiger partial charge in [-0.05, 0) is 69.6 Å². The number of benzene rings is 1. The van der Waals surface area contributed by atoms with Crippen molar-refractivity contribution in [3.63, 3.8) is 0 Å². The molecule has 154 valence electrons. The van der Waals surface area contributed by atoms with E-state index in [1.165, 1.54) is 45.3 Å². The molecule has 2 aliphatic rings. The number of hydrogen-bond acceptors (Lipinski definition) is 3. The number of primary amides is 1. The molecule has 0 radical (unpaired) electrons. The molecule has 3 rings (SSSR count). The van der Waals surface area contributed by atoms with Crippen molar-refractivity contribution in [1.29, 1.82) is 0 Å². The number of nitrogens with zero attached hydrogens (tertiary/aromatic N) is 2. The van der Waals surface area contributed by atoms with E-state index in [2.05, 4.69) is 10.2 Å². The molecule has 3 amide bonds. The zero-order chi connectivity index (χ0) is 19.8. The van der Waals surface area contributed by atoms with Crippen LogP contribution in [0.25, 0.3) is 0 Å². The van der Waals surface area contributed by atoms with E-state index in [-0.39, 0.29) is 18.4 Å². The number of carbonyl (C=O) groups is 2. The molecule has 0 spiro atoms. The Morgan fingerprint density at radius 2 is 1.75 bits per heavy atom. The van der Waals surface area contributed by atoms with E-state index in [1.807, 2.05) is 35.2 Å². The molecule has 6 heteroatoms. The van der Waals surface area contributed by atoms with Crippen molar-refractivity contribution in [2.75, 3.05) is 32.7 Å². The highest BCUT2D eigenvalue weighted by Crippen LogP contribution is 2.25. The third kappa shape index (κ3) is 6.23. The van der Waals surface area contributed by atoms with Gasteiger partial charge in [-0.1, -0.05) is 30.3 Å². The van der Waals surface area contributed by atoms with Crippen LogP contribution < -0.4 is 11.1 Å². The van der Waals surface area contributed by atoms with Crippen LogP contribution in [0.2, 0.25) is 0 Å². The van der Waals surface area contributed by atoms with Gasteiger partial charge < -0.3 is 20.9 Å². The van der Waals surface area contributed by atoms with Crippen molar-refractivity contribution in [2.45, 2.75) is 51.0 Å². The van der Waals surface area contributed by atoms with Crippen LogP contribution in [0.3, 0.4) is 0 Å². The number of urea groups is 1. The fourth-order valence-corrected chi connectivity index (χ4v) is 4.49. The van der Waals surface area contributed by atoms with Gasteiger partial charge in [-0.3, -0.25) is 4.79 Å². The monoisotopic (exact) mass is 386 g/mol. The third-order valence-electron chi connectivity index (χ3n) is 6.15. The second-order valence-electron chi connectivity index (χ2n) is 8.19. The molecule has 1 atom stereocenters. The van der Waals surface area contributed by atoms with Gasteiger partial charge in [0.2, 0.25) is 5.91 Å². The average molecular weight is 387 g/mol. The summed E-state index contributed by atoms with van der Waals surface area (Å²) in [4.78, 5) is 28.7. The molecule has 0 saturated carbocycles. The van der Waals surface area contributed by atoms with Gasteiger partial charge in [0.05, 0.1) is 12.5 Å². The molecule has 0 aromatic heterocycles. The maximum Gasteiger partial charge on any atom is 0.312 e. The first-order valence-corrected chi connectivity index (χ1v) is 10.7. The smallest absolute Gasteiger partial charge is 0.312 e. The van der Waals surface area contributed by atoms with Gasteiger partial charge in [0.1, 0.15) is 0 Å². The number of hydrogen-bond donors (Lipinski definition) is 2. The van der Waals surface area contributed by atoms with E-state index in [1.54, 1.807) is 0 Å². The predicted molar refractivity (Wildman–Crippen MR) is 111 cm³/mol. The predicted octanol–water partition coefficient (Wildman–Crippen LogP) is 2.90. The highest BCUT2D eigenvalue weighted by molar-refractivity contribution is 5.79. The van der Waals surface area contributed by atoms with Crippen LogP contribution in [0.5, 0.6) is 0 Å². The number of likely N-dealkylation sites (tertiary alicyclic amines) is 2. The van der Waals surface area contributed by atoms with Crippen LogP contribution in [0.1, 0.15) is 56.6 Å². The number of rotatable bonds is 8. The Labute approximate surface area is 168 Å². The van der Waals surface area contributed by atoms with E-state index in [9.17, 15) is 9.59 Å². The maximum absolute atomic E-state index is 12.8. The molecule has 1 aromatic carbocycles. The zero-order valence-corrected chi connectivity index (χ0v) is 16.8. The van der Waals surface area contributed by atoms with Crippen molar-refractivity contribution in [2.24, 2.45) is 11.7 Å². The molecule has 2 aliphatic heterocycles. The van der Waals surface area contributed by atoms with E-state index in [0.29, 0.717) is 0 Å². The summed E-state index contributed by atoms with van der Waals surface area (Å²) in [5.41, 5.74) is 6.23. The first-order chi connectivity index (χ1) is 13.6. The van der Waals surface area contributed by atoms with Gasteiger partial charge in [-0.2, -0.15) is 0 Å². The summed E-state index contributed by atoms with van der Waals surface area (Å²) in [6.45, 7) is 5.43. The summed E-state index contributed by atoms with van der Waals surface area (Å²) >= 11 is 0. The lowest BCUT2D eigenvalue weighted by atomic mass is 9.91. The normalized spacial score (nSPS) is 19.5. The summed E-state index contributed by atoms with van der Waals surface area (Å²) < 4.78 is 0. The average Bonchev–Trinajstić information content (AvgIpc) is 3.22. The largest absolute Gasteiger partial charge is 0.352 e. The van der Waals surface area contributed by atoms with Gasteiger partial charge in [0.15, 0.2) is 0 Å². The van der Waals surface area contributed by atoms with E-state index < -0.39 is 6.03 Å². The lowest BCUT2D eigenvalue weighted by Gasteiger charge is -2.33. The minimum Gasteiger partial charge on any atom is -0.352 e. The van der Waals surface area contributed by atoms with Gasteiger partial charge in [0.25, 0.3) is 0 Å². The third-order valence-corrected chi connectivity index (χ3v) is 6.15. The van der Waals surface area contributed by atoms with Crippen molar-refractivity contribution in [1.82, 2.24) is 15.1 Å². The minimum atomic E-state index is -0.599.